The van der Waals surface area contributed by atoms with Gasteiger partial charge in [0.2, 0.25) is 0 Å². The monoisotopic (exact) mass is 282 g/mol. The molecule has 2 rings (SSSR count). The standard InChI is InChI=1S/C11H16.C10H14/c1-3-10(2)9-11-7-5-4-6-8-11;1-9(2)8-10-6-4-3-5-7-10/h4-8,10H,3,9H2,1-2H3;3-7,9H,8H2,1-2H3. The fourth-order valence-electron chi connectivity index (χ4n) is 2.25. The van der Waals surface area contributed by atoms with Crippen molar-refractivity contribution >= 4 is 0 Å². The Labute approximate surface area is 131 Å². The van der Waals surface area contributed by atoms with Crippen molar-refractivity contribution < 1.29 is 0 Å². The lowest BCUT2D eigenvalue weighted by molar-refractivity contribution is 0.560. The lowest BCUT2D eigenvalue weighted by atomic mass is 9.99. The largest absolute Gasteiger partial charge is 0.0651 e. The van der Waals surface area contributed by atoms with Gasteiger partial charge in [0.25, 0.3) is 0 Å². The molecule has 0 heterocycles. The third-order valence-electron chi connectivity index (χ3n) is 3.61. The Morgan fingerprint density at radius 1 is 0.667 bits per heavy atom. The average Bonchev–Trinajstić information content (AvgIpc) is 2.49. The molecule has 0 fully saturated rings. The van der Waals surface area contributed by atoms with Gasteiger partial charge >= 0.3 is 0 Å². The molecule has 0 saturated carbocycles. The summed E-state index contributed by atoms with van der Waals surface area (Å²) >= 11 is 0. The lowest BCUT2D eigenvalue weighted by Crippen LogP contribution is -1.96. The number of hydrogen-bond donors (Lipinski definition) is 0. The molecule has 0 radical (unpaired) electrons. The molecule has 2 aromatic carbocycles. The van der Waals surface area contributed by atoms with E-state index in [1.165, 1.54) is 30.4 Å². The first kappa shape index (κ1) is 17.5. The van der Waals surface area contributed by atoms with Crippen molar-refractivity contribution in [3.05, 3.63) is 71.8 Å². The second-order valence-corrected chi connectivity index (χ2v) is 6.29. The maximum absolute atomic E-state index is 2.30. The first-order valence-electron chi connectivity index (χ1n) is 8.19. The highest BCUT2D eigenvalue weighted by Gasteiger charge is 1.98. The molecule has 0 amide bonds. The predicted octanol–water partition coefficient (Wildman–Crippen LogP) is 6.16. The van der Waals surface area contributed by atoms with Crippen LogP contribution in [0.25, 0.3) is 0 Å². The van der Waals surface area contributed by atoms with Crippen molar-refractivity contribution in [2.24, 2.45) is 11.8 Å². The van der Waals surface area contributed by atoms with Gasteiger partial charge in [0.15, 0.2) is 0 Å². The van der Waals surface area contributed by atoms with E-state index in [2.05, 4.69) is 88.4 Å². The maximum Gasteiger partial charge on any atom is -0.0253 e. The molecule has 0 aromatic heterocycles. The molecular formula is C21H30. The quantitative estimate of drug-likeness (QED) is 0.616. The van der Waals surface area contributed by atoms with Crippen molar-refractivity contribution in [2.45, 2.75) is 47.0 Å². The molecule has 1 unspecified atom stereocenters. The van der Waals surface area contributed by atoms with E-state index in [0.29, 0.717) is 0 Å². The van der Waals surface area contributed by atoms with Gasteiger partial charge in [0, 0.05) is 0 Å². The SMILES string of the molecule is CC(C)Cc1ccccc1.CCC(C)Cc1ccccc1. The molecular weight excluding hydrogens is 252 g/mol. The van der Waals surface area contributed by atoms with E-state index in [1.807, 2.05) is 0 Å². The zero-order valence-corrected chi connectivity index (χ0v) is 14.0. The van der Waals surface area contributed by atoms with Gasteiger partial charge < -0.3 is 0 Å². The van der Waals surface area contributed by atoms with Crippen molar-refractivity contribution in [2.75, 3.05) is 0 Å². The summed E-state index contributed by atoms with van der Waals surface area (Å²) in [5.74, 6) is 1.58. The van der Waals surface area contributed by atoms with Gasteiger partial charge in [0.1, 0.15) is 0 Å². The molecule has 114 valence electrons. The first-order valence-corrected chi connectivity index (χ1v) is 8.19. The minimum Gasteiger partial charge on any atom is -0.0651 e. The van der Waals surface area contributed by atoms with Gasteiger partial charge in [-0.3, -0.25) is 0 Å². The predicted molar refractivity (Wildman–Crippen MR) is 94.6 cm³/mol. The van der Waals surface area contributed by atoms with Crippen LogP contribution in [0.3, 0.4) is 0 Å². The van der Waals surface area contributed by atoms with Gasteiger partial charge in [-0.2, -0.15) is 0 Å². The molecule has 0 aliphatic heterocycles. The summed E-state index contributed by atoms with van der Waals surface area (Å²) in [4.78, 5) is 0. The van der Waals surface area contributed by atoms with Crippen molar-refractivity contribution in [1.29, 1.82) is 0 Å². The molecule has 0 spiro atoms. The molecule has 0 heteroatoms. The van der Waals surface area contributed by atoms with Crippen LogP contribution in [0.5, 0.6) is 0 Å². The Balaban J connectivity index is 0.000000211. The second kappa shape index (κ2) is 10.2. The van der Waals surface area contributed by atoms with Crippen molar-refractivity contribution in [3.63, 3.8) is 0 Å². The minimum absolute atomic E-state index is 0.766. The molecule has 0 saturated heterocycles. The first-order chi connectivity index (χ1) is 10.1. The third kappa shape index (κ3) is 8.34. The summed E-state index contributed by atoms with van der Waals surface area (Å²) < 4.78 is 0. The van der Waals surface area contributed by atoms with Gasteiger partial charge in [-0.25, -0.2) is 0 Å². The lowest BCUT2D eigenvalue weighted by Gasteiger charge is -2.06. The summed E-state index contributed by atoms with van der Waals surface area (Å²) in [6, 6.07) is 21.3. The summed E-state index contributed by atoms with van der Waals surface area (Å²) in [6.45, 7) is 9.03. The molecule has 0 bridgehead atoms. The fraction of sp³-hybridized carbons (Fsp3) is 0.429. The summed E-state index contributed by atoms with van der Waals surface area (Å²) in [5, 5.41) is 0. The highest BCUT2D eigenvalue weighted by Crippen LogP contribution is 2.10. The van der Waals surface area contributed by atoms with Crippen LogP contribution in [0, 0.1) is 11.8 Å². The van der Waals surface area contributed by atoms with Crippen LogP contribution in [-0.4, -0.2) is 0 Å². The highest BCUT2D eigenvalue weighted by atomic mass is 14.0. The van der Waals surface area contributed by atoms with E-state index in [1.54, 1.807) is 0 Å². The zero-order valence-electron chi connectivity index (χ0n) is 14.0. The molecule has 0 nitrogen and oxygen atoms in total. The van der Waals surface area contributed by atoms with Gasteiger partial charge in [-0.05, 0) is 35.8 Å². The summed E-state index contributed by atoms with van der Waals surface area (Å²) in [5.41, 5.74) is 2.90. The molecule has 21 heavy (non-hydrogen) atoms. The number of rotatable bonds is 5. The van der Waals surface area contributed by atoms with Crippen molar-refractivity contribution in [3.8, 4) is 0 Å². The number of benzene rings is 2. The Bertz CT molecular complexity index is 456. The van der Waals surface area contributed by atoms with E-state index >= 15 is 0 Å². The van der Waals surface area contributed by atoms with Crippen LogP contribution in [0.15, 0.2) is 60.7 Å². The van der Waals surface area contributed by atoms with Gasteiger partial charge in [-0.1, -0.05) is 94.8 Å². The Kier molecular flexibility index (Phi) is 8.50. The van der Waals surface area contributed by atoms with Crippen LogP contribution < -0.4 is 0 Å². The third-order valence-corrected chi connectivity index (χ3v) is 3.61. The van der Waals surface area contributed by atoms with E-state index in [-0.39, 0.29) is 0 Å². The van der Waals surface area contributed by atoms with E-state index in [4.69, 9.17) is 0 Å². The molecule has 2 aromatic rings. The summed E-state index contributed by atoms with van der Waals surface area (Å²) in [6.07, 6.45) is 3.69. The van der Waals surface area contributed by atoms with Crippen LogP contribution in [-0.2, 0) is 12.8 Å². The molecule has 0 aliphatic rings. The van der Waals surface area contributed by atoms with E-state index in [9.17, 15) is 0 Å². The van der Waals surface area contributed by atoms with Crippen LogP contribution in [0.2, 0.25) is 0 Å². The zero-order chi connectivity index (χ0) is 15.5. The Morgan fingerprint density at radius 3 is 1.48 bits per heavy atom. The van der Waals surface area contributed by atoms with E-state index < -0.39 is 0 Å². The van der Waals surface area contributed by atoms with E-state index in [0.717, 1.165) is 11.8 Å². The fourth-order valence-corrected chi connectivity index (χ4v) is 2.25. The van der Waals surface area contributed by atoms with Gasteiger partial charge in [-0.15, -0.1) is 0 Å². The second-order valence-electron chi connectivity index (χ2n) is 6.29. The smallest absolute Gasteiger partial charge is 0.0253 e. The number of hydrogen-bond acceptors (Lipinski definition) is 0. The molecule has 0 N–H and O–H groups in total. The molecule has 0 aliphatic carbocycles. The molecule has 1 atom stereocenters. The van der Waals surface area contributed by atoms with Crippen LogP contribution in [0.1, 0.15) is 45.2 Å². The van der Waals surface area contributed by atoms with Crippen molar-refractivity contribution in [1.82, 2.24) is 0 Å². The maximum atomic E-state index is 2.30. The van der Waals surface area contributed by atoms with Crippen LogP contribution in [0.4, 0.5) is 0 Å². The highest BCUT2D eigenvalue weighted by molar-refractivity contribution is 5.15. The van der Waals surface area contributed by atoms with Gasteiger partial charge in [0.05, 0.1) is 0 Å². The van der Waals surface area contributed by atoms with Crippen LogP contribution >= 0.6 is 0 Å². The Hall–Kier alpha value is -1.56. The summed E-state index contributed by atoms with van der Waals surface area (Å²) in [7, 11) is 0. The Morgan fingerprint density at radius 2 is 1.10 bits per heavy atom. The minimum atomic E-state index is 0.766. The average molecular weight is 282 g/mol. The topological polar surface area (TPSA) is 0 Å². The normalized spacial score (nSPS) is 11.7.